The van der Waals surface area contributed by atoms with E-state index in [1.165, 1.54) is 11.1 Å². The molecule has 118 valence electrons. The summed E-state index contributed by atoms with van der Waals surface area (Å²) in [5, 5.41) is 2.02. The first kappa shape index (κ1) is 14.7. The maximum absolute atomic E-state index is 12.3. The van der Waals surface area contributed by atoms with Crippen molar-refractivity contribution in [3.05, 3.63) is 63.9 Å². The molecule has 2 aromatic rings. The lowest BCUT2D eigenvalue weighted by Gasteiger charge is -2.39. The van der Waals surface area contributed by atoms with Crippen LogP contribution in [0.3, 0.4) is 0 Å². The van der Waals surface area contributed by atoms with Gasteiger partial charge in [-0.05, 0) is 41.5 Å². The Labute approximate surface area is 140 Å². The molecule has 4 rings (SSSR count). The van der Waals surface area contributed by atoms with Gasteiger partial charge < -0.3 is 9.64 Å². The van der Waals surface area contributed by atoms with Gasteiger partial charge in [-0.25, -0.2) is 0 Å². The number of benzene rings is 1. The van der Waals surface area contributed by atoms with Gasteiger partial charge in [0.25, 0.3) is 0 Å². The Morgan fingerprint density at radius 2 is 2.00 bits per heavy atom. The Kier molecular flexibility index (Phi) is 3.79. The van der Waals surface area contributed by atoms with Crippen LogP contribution in [0.4, 0.5) is 0 Å². The third-order valence-electron chi connectivity index (χ3n) is 4.83. The summed E-state index contributed by atoms with van der Waals surface area (Å²) in [5.74, 6) is 0.0968. The number of carbonyl (C=O) groups is 1. The number of likely N-dealkylation sites (tertiary alicyclic amines) is 1. The van der Waals surface area contributed by atoms with E-state index in [1.54, 1.807) is 17.4 Å². The Bertz CT molecular complexity index is 728. The smallest absolute Gasteiger partial charge is 0.246 e. The van der Waals surface area contributed by atoms with Gasteiger partial charge in [0, 0.05) is 24.0 Å². The molecule has 3 nitrogen and oxygen atoms in total. The van der Waals surface area contributed by atoms with E-state index >= 15 is 0 Å². The molecular weight excluding hydrogens is 306 g/mol. The number of thiophene rings is 1. The molecule has 2 aliphatic rings. The second kappa shape index (κ2) is 5.95. The van der Waals surface area contributed by atoms with Crippen molar-refractivity contribution in [2.75, 3.05) is 13.1 Å². The molecule has 1 spiro atoms. The second-order valence-corrected chi connectivity index (χ2v) is 7.09. The highest BCUT2D eigenvalue weighted by atomic mass is 32.1. The molecule has 0 atom stereocenters. The van der Waals surface area contributed by atoms with Crippen LogP contribution < -0.4 is 0 Å². The molecule has 1 aromatic carbocycles. The van der Waals surface area contributed by atoms with Crippen molar-refractivity contribution in [1.29, 1.82) is 0 Å². The molecule has 0 bridgehead atoms. The number of hydrogen-bond donors (Lipinski definition) is 0. The normalized spacial score (nSPS) is 19.4. The summed E-state index contributed by atoms with van der Waals surface area (Å²) in [6, 6.07) is 12.5. The highest BCUT2D eigenvalue weighted by Gasteiger charge is 2.42. The molecule has 0 N–H and O–H groups in total. The zero-order valence-electron chi connectivity index (χ0n) is 12.9. The Morgan fingerprint density at radius 3 is 2.78 bits per heavy atom. The standard InChI is InChI=1S/C19H19NO2S/c21-18(8-7-16-5-3-13-23-16)20-11-9-19(10-12-20)17-6-2-1-4-15(17)14-22-19/h1-8,13H,9-12,14H2. The molecule has 0 radical (unpaired) electrons. The Morgan fingerprint density at radius 1 is 1.17 bits per heavy atom. The van der Waals surface area contributed by atoms with Gasteiger partial charge in [-0.15, -0.1) is 11.3 Å². The number of fused-ring (bicyclic) bond motifs is 2. The SMILES string of the molecule is O=C(C=Cc1cccs1)N1CCC2(CC1)OCc1ccccc12. The quantitative estimate of drug-likeness (QED) is 0.786. The topological polar surface area (TPSA) is 29.5 Å². The number of hydrogen-bond acceptors (Lipinski definition) is 3. The van der Waals surface area contributed by atoms with Crippen LogP contribution in [-0.2, 0) is 21.7 Å². The summed E-state index contributed by atoms with van der Waals surface area (Å²) < 4.78 is 6.14. The first-order valence-corrected chi connectivity index (χ1v) is 8.88. The summed E-state index contributed by atoms with van der Waals surface area (Å²) in [7, 11) is 0. The predicted octanol–water partition coefficient (Wildman–Crippen LogP) is 3.81. The van der Waals surface area contributed by atoms with E-state index in [0.717, 1.165) is 30.8 Å². The molecule has 0 unspecified atom stereocenters. The first-order chi connectivity index (χ1) is 11.3. The number of amides is 1. The molecule has 23 heavy (non-hydrogen) atoms. The number of rotatable bonds is 2. The van der Waals surface area contributed by atoms with Crippen LogP contribution in [0, 0.1) is 0 Å². The van der Waals surface area contributed by atoms with Gasteiger partial charge in [0.05, 0.1) is 12.2 Å². The molecule has 1 saturated heterocycles. The molecule has 1 fully saturated rings. The number of carbonyl (C=O) groups excluding carboxylic acids is 1. The highest BCUT2D eigenvalue weighted by molar-refractivity contribution is 7.10. The fourth-order valence-electron chi connectivity index (χ4n) is 3.53. The summed E-state index contributed by atoms with van der Waals surface area (Å²) >= 11 is 1.64. The van der Waals surface area contributed by atoms with Gasteiger partial charge in [0.15, 0.2) is 0 Å². The molecule has 0 aliphatic carbocycles. The first-order valence-electron chi connectivity index (χ1n) is 8.00. The molecule has 1 aromatic heterocycles. The van der Waals surface area contributed by atoms with E-state index in [4.69, 9.17) is 4.74 Å². The fourth-order valence-corrected chi connectivity index (χ4v) is 4.15. The Balaban J connectivity index is 1.43. The van der Waals surface area contributed by atoms with Crippen LogP contribution in [-0.4, -0.2) is 23.9 Å². The molecular formula is C19H19NO2S. The third-order valence-corrected chi connectivity index (χ3v) is 5.67. The van der Waals surface area contributed by atoms with Crippen molar-refractivity contribution >= 4 is 23.3 Å². The van der Waals surface area contributed by atoms with Gasteiger partial charge >= 0.3 is 0 Å². The third kappa shape index (κ3) is 2.73. The summed E-state index contributed by atoms with van der Waals surface area (Å²) in [6.45, 7) is 2.20. The van der Waals surface area contributed by atoms with E-state index in [1.807, 2.05) is 28.5 Å². The van der Waals surface area contributed by atoms with Gasteiger partial charge in [-0.3, -0.25) is 4.79 Å². The molecule has 3 heterocycles. The van der Waals surface area contributed by atoms with Crippen LogP contribution in [0.25, 0.3) is 6.08 Å². The van der Waals surface area contributed by atoms with Crippen molar-refractivity contribution in [3.63, 3.8) is 0 Å². The van der Waals surface area contributed by atoms with E-state index in [2.05, 4.69) is 24.3 Å². The lowest BCUT2D eigenvalue weighted by molar-refractivity contribution is -0.133. The largest absolute Gasteiger partial charge is 0.365 e. The van der Waals surface area contributed by atoms with E-state index in [9.17, 15) is 4.79 Å². The predicted molar refractivity (Wildman–Crippen MR) is 92.1 cm³/mol. The molecule has 0 saturated carbocycles. The van der Waals surface area contributed by atoms with E-state index in [0.29, 0.717) is 6.61 Å². The Hall–Kier alpha value is -1.91. The summed E-state index contributed by atoms with van der Waals surface area (Å²) in [5.41, 5.74) is 2.44. The second-order valence-electron chi connectivity index (χ2n) is 6.11. The van der Waals surface area contributed by atoms with Crippen LogP contribution in [0.15, 0.2) is 47.9 Å². The minimum atomic E-state index is -0.176. The van der Waals surface area contributed by atoms with Gasteiger partial charge in [-0.1, -0.05) is 30.3 Å². The van der Waals surface area contributed by atoms with Crippen molar-refractivity contribution in [2.24, 2.45) is 0 Å². The van der Waals surface area contributed by atoms with Crippen LogP contribution in [0.1, 0.15) is 28.8 Å². The van der Waals surface area contributed by atoms with Crippen molar-refractivity contribution in [1.82, 2.24) is 4.90 Å². The van der Waals surface area contributed by atoms with Crippen molar-refractivity contribution < 1.29 is 9.53 Å². The van der Waals surface area contributed by atoms with Crippen LogP contribution in [0.2, 0.25) is 0 Å². The van der Waals surface area contributed by atoms with Gasteiger partial charge in [0.1, 0.15) is 0 Å². The van der Waals surface area contributed by atoms with E-state index in [-0.39, 0.29) is 11.5 Å². The average Bonchev–Trinajstić information content (AvgIpc) is 3.23. The van der Waals surface area contributed by atoms with E-state index < -0.39 is 0 Å². The lowest BCUT2D eigenvalue weighted by atomic mass is 9.84. The number of ether oxygens (including phenoxy) is 1. The van der Waals surface area contributed by atoms with Crippen LogP contribution >= 0.6 is 11.3 Å². The molecule has 1 amide bonds. The van der Waals surface area contributed by atoms with Crippen molar-refractivity contribution in [3.8, 4) is 0 Å². The number of nitrogens with zero attached hydrogens (tertiary/aromatic N) is 1. The van der Waals surface area contributed by atoms with Gasteiger partial charge in [-0.2, -0.15) is 0 Å². The zero-order valence-corrected chi connectivity index (χ0v) is 13.7. The van der Waals surface area contributed by atoms with Gasteiger partial charge in [0.2, 0.25) is 5.91 Å². The zero-order chi connectivity index (χ0) is 15.7. The summed E-state index contributed by atoms with van der Waals surface area (Å²) in [4.78, 5) is 15.4. The fraction of sp³-hybridized carbons (Fsp3) is 0.316. The molecule has 2 aliphatic heterocycles. The maximum Gasteiger partial charge on any atom is 0.246 e. The van der Waals surface area contributed by atoms with Crippen LogP contribution in [0.5, 0.6) is 0 Å². The minimum absolute atomic E-state index is 0.0968. The monoisotopic (exact) mass is 325 g/mol. The lowest BCUT2D eigenvalue weighted by Crippen LogP contribution is -2.44. The maximum atomic E-state index is 12.3. The highest BCUT2D eigenvalue weighted by Crippen LogP contribution is 2.43. The minimum Gasteiger partial charge on any atom is -0.365 e. The molecule has 4 heteroatoms. The summed E-state index contributed by atoms with van der Waals surface area (Å²) in [6.07, 6.45) is 5.34. The average molecular weight is 325 g/mol. The number of piperidine rings is 1. The van der Waals surface area contributed by atoms with Crippen molar-refractivity contribution in [2.45, 2.75) is 25.0 Å².